The molecule has 1 fully saturated rings. The predicted octanol–water partition coefficient (Wildman–Crippen LogP) is 0.680. The molecule has 0 aromatic heterocycles. The third kappa shape index (κ3) is 5.82. The largest absolute Gasteiger partial charge is 0.480 e. The lowest BCUT2D eigenvalue weighted by molar-refractivity contribution is -0.140. The van der Waals surface area contributed by atoms with Crippen molar-refractivity contribution in [1.29, 1.82) is 0 Å². The third-order valence-corrected chi connectivity index (χ3v) is 5.20. The van der Waals surface area contributed by atoms with Gasteiger partial charge < -0.3 is 21.5 Å². The summed E-state index contributed by atoms with van der Waals surface area (Å²) >= 11 is 1.74. The van der Waals surface area contributed by atoms with E-state index < -0.39 is 30.4 Å². The molecule has 1 atom stereocenters. The van der Waals surface area contributed by atoms with Crippen molar-refractivity contribution in [3.05, 3.63) is 0 Å². The smallest absolute Gasteiger partial charge is 0.326 e. The Labute approximate surface area is 128 Å². The Morgan fingerprint density at radius 1 is 1.29 bits per heavy atom. The van der Waals surface area contributed by atoms with Gasteiger partial charge in [-0.1, -0.05) is 19.3 Å². The van der Waals surface area contributed by atoms with Crippen LogP contribution in [0.2, 0.25) is 0 Å². The highest BCUT2D eigenvalue weighted by molar-refractivity contribution is 8.00. The summed E-state index contributed by atoms with van der Waals surface area (Å²) in [4.78, 5) is 33.5. The maximum absolute atomic E-state index is 11.8. The molecule has 0 aromatic rings. The summed E-state index contributed by atoms with van der Waals surface area (Å²) in [6.07, 6.45) is 7.19. The van der Waals surface area contributed by atoms with Gasteiger partial charge in [-0.25, -0.2) is 9.59 Å². The van der Waals surface area contributed by atoms with E-state index in [1.807, 2.05) is 6.26 Å². The molecule has 7 nitrogen and oxygen atoms in total. The summed E-state index contributed by atoms with van der Waals surface area (Å²) in [5.74, 6) is -2.04. The molecule has 0 unspecified atom stereocenters. The first kappa shape index (κ1) is 17.6. The standard InChI is InChI=1S/C13H23N3O4S/c1-21-13(5-3-2-4-6-13)8-15-12(20)16-9(11(18)19)7-10(14)17/h9H,2-8H2,1H3,(H2,14,17)(H,18,19)(H2,15,16,20)/t9-/m0/s1. The number of rotatable bonds is 7. The van der Waals surface area contributed by atoms with Gasteiger partial charge in [-0.3, -0.25) is 4.79 Å². The molecule has 1 aliphatic rings. The van der Waals surface area contributed by atoms with Gasteiger partial charge in [-0.2, -0.15) is 11.8 Å². The van der Waals surface area contributed by atoms with Crippen molar-refractivity contribution in [1.82, 2.24) is 10.6 Å². The van der Waals surface area contributed by atoms with Crippen LogP contribution in [0.25, 0.3) is 0 Å². The van der Waals surface area contributed by atoms with Crippen molar-refractivity contribution in [2.45, 2.75) is 49.3 Å². The first-order valence-corrected chi connectivity index (χ1v) is 8.22. The van der Waals surface area contributed by atoms with Crippen LogP contribution in [-0.4, -0.2) is 46.6 Å². The minimum absolute atomic E-state index is 0.0258. The van der Waals surface area contributed by atoms with Crippen molar-refractivity contribution in [3.8, 4) is 0 Å². The van der Waals surface area contributed by atoms with E-state index in [1.165, 1.54) is 6.42 Å². The average Bonchev–Trinajstić information content (AvgIpc) is 2.45. The number of hydrogen-bond donors (Lipinski definition) is 4. The minimum Gasteiger partial charge on any atom is -0.480 e. The maximum Gasteiger partial charge on any atom is 0.326 e. The molecule has 0 aromatic carbocycles. The number of amides is 3. The topological polar surface area (TPSA) is 122 Å². The van der Waals surface area contributed by atoms with Crippen molar-refractivity contribution in [2.75, 3.05) is 12.8 Å². The van der Waals surface area contributed by atoms with Crippen LogP contribution in [0.4, 0.5) is 4.79 Å². The van der Waals surface area contributed by atoms with Gasteiger partial charge in [0.2, 0.25) is 5.91 Å². The molecule has 0 spiro atoms. The highest BCUT2D eigenvalue weighted by Crippen LogP contribution is 2.37. The number of thioether (sulfide) groups is 1. The molecule has 0 radical (unpaired) electrons. The number of aliphatic carboxylic acids is 1. The lowest BCUT2D eigenvalue weighted by Crippen LogP contribution is -2.51. The van der Waals surface area contributed by atoms with E-state index in [4.69, 9.17) is 10.8 Å². The first-order valence-electron chi connectivity index (χ1n) is 6.99. The molecular weight excluding hydrogens is 294 g/mol. The number of carboxylic acid groups (broad SMARTS) is 1. The van der Waals surface area contributed by atoms with Gasteiger partial charge in [-0.15, -0.1) is 0 Å². The third-order valence-electron chi connectivity index (χ3n) is 3.78. The van der Waals surface area contributed by atoms with Crippen molar-refractivity contribution in [3.63, 3.8) is 0 Å². The molecule has 120 valence electrons. The Kier molecular flexibility index (Phi) is 6.80. The summed E-state index contributed by atoms with van der Waals surface area (Å²) in [7, 11) is 0. The summed E-state index contributed by atoms with van der Waals surface area (Å²) in [5, 5.41) is 13.9. The van der Waals surface area contributed by atoms with Crippen LogP contribution in [0.5, 0.6) is 0 Å². The van der Waals surface area contributed by atoms with E-state index in [0.717, 1.165) is 25.7 Å². The molecule has 0 saturated heterocycles. The summed E-state index contributed by atoms with van der Waals surface area (Å²) in [6.45, 7) is 0.489. The molecular formula is C13H23N3O4S. The Morgan fingerprint density at radius 2 is 1.90 bits per heavy atom. The fourth-order valence-corrected chi connectivity index (χ4v) is 3.41. The molecule has 3 amide bonds. The predicted molar refractivity (Wildman–Crippen MR) is 81.1 cm³/mol. The van der Waals surface area contributed by atoms with Gasteiger partial charge in [-0.05, 0) is 19.1 Å². The second kappa shape index (κ2) is 8.11. The molecule has 8 heteroatoms. The Morgan fingerprint density at radius 3 is 2.38 bits per heavy atom. The fraction of sp³-hybridized carbons (Fsp3) is 0.769. The second-order valence-corrected chi connectivity index (χ2v) is 6.61. The van der Waals surface area contributed by atoms with E-state index in [0.29, 0.717) is 6.54 Å². The van der Waals surface area contributed by atoms with Gasteiger partial charge in [0.05, 0.1) is 6.42 Å². The number of hydrogen-bond acceptors (Lipinski definition) is 4. The summed E-state index contributed by atoms with van der Waals surface area (Å²) in [5.41, 5.74) is 4.96. The van der Waals surface area contributed by atoms with Crippen molar-refractivity contribution in [2.24, 2.45) is 5.73 Å². The molecule has 5 N–H and O–H groups in total. The van der Waals surface area contributed by atoms with E-state index >= 15 is 0 Å². The Balaban J connectivity index is 2.48. The lowest BCUT2D eigenvalue weighted by atomic mass is 9.88. The normalized spacial score (nSPS) is 18.5. The SMILES string of the molecule is CSC1(CNC(=O)N[C@@H](CC(N)=O)C(=O)O)CCCCC1. The zero-order valence-electron chi connectivity index (χ0n) is 12.2. The van der Waals surface area contributed by atoms with Crippen LogP contribution >= 0.6 is 11.8 Å². The van der Waals surface area contributed by atoms with E-state index in [1.54, 1.807) is 11.8 Å². The van der Waals surface area contributed by atoms with Crippen molar-refractivity contribution >= 4 is 29.7 Å². The van der Waals surface area contributed by atoms with Crippen LogP contribution in [0.3, 0.4) is 0 Å². The van der Waals surface area contributed by atoms with Crippen LogP contribution in [0.15, 0.2) is 0 Å². The highest BCUT2D eigenvalue weighted by atomic mass is 32.2. The molecule has 1 rings (SSSR count). The van der Waals surface area contributed by atoms with Gasteiger partial charge in [0.25, 0.3) is 0 Å². The zero-order chi connectivity index (χ0) is 15.9. The summed E-state index contributed by atoms with van der Waals surface area (Å²) < 4.78 is 0.0258. The minimum atomic E-state index is -1.29. The molecule has 0 bridgehead atoms. The fourth-order valence-electron chi connectivity index (χ4n) is 2.50. The number of carbonyl (C=O) groups excluding carboxylic acids is 2. The number of carbonyl (C=O) groups is 3. The number of nitrogens with two attached hydrogens (primary N) is 1. The molecule has 0 aliphatic heterocycles. The molecule has 1 aliphatic carbocycles. The van der Waals surface area contributed by atoms with Crippen LogP contribution in [-0.2, 0) is 9.59 Å². The van der Waals surface area contributed by atoms with Gasteiger partial charge in [0.15, 0.2) is 0 Å². The van der Waals surface area contributed by atoms with E-state index in [9.17, 15) is 14.4 Å². The van der Waals surface area contributed by atoms with Crippen LogP contribution < -0.4 is 16.4 Å². The van der Waals surface area contributed by atoms with E-state index in [-0.39, 0.29) is 4.75 Å². The quantitative estimate of drug-likeness (QED) is 0.550. The maximum atomic E-state index is 11.8. The lowest BCUT2D eigenvalue weighted by Gasteiger charge is -2.35. The number of urea groups is 1. The second-order valence-electron chi connectivity index (χ2n) is 5.34. The Bertz CT molecular complexity index is 397. The zero-order valence-corrected chi connectivity index (χ0v) is 13.0. The van der Waals surface area contributed by atoms with Crippen LogP contribution in [0, 0.1) is 0 Å². The Hall–Kier alpha value is -1.44. The first-order chi connectivity index (χ1) is 9.88. The number of nitrogens with one attached hydrogen (secondary N) is 2. The monoisotopic (exact) mass is 317 g/mol. The number of primary amides is 1. The van der Waals surface area contributed by atoms with Crippen LogP contribution in [0.1, 0.15) is 38.5 Å². The number of carboxylic acids is 1. The molecule has 1 saturated carbocycles. The van der Waals surface area contributed by atoms with Gasteiger partial charge >= 0.3 is 12.0 Å². The summed E-state index contributed by atoms with van der Waals surface area (Å²) in [6, 6.07) is -1.87. The van der Waals surface area contributed by atoms with Gasteiger partial charge in [0.1, 0.15) is 6.04 Å². The molecule has 0 heterocycles. The van der Waals surface area contributed by atoms with Crippen molar-refractivity contribution < 1.29 is 19.5 Å². The highest BCUT2D eigenvalue weighted by Gasteiger charge is 2.32. The van der Waals surface area contributed by atoms with Gasteiger partial charge in [0, 0.05) is 11.3 Å². The van der Waals surface area contributed by atoms with E-state index in [2.05, 4.69) is 10.6 Å². The average molecular weight is 317 g/mol. The molecule has 21 heavy (non-hydrogen) atoms.